The Kier molecular flexibility index (Phi) is 3180. The minimum atomic E-state index is 0. The standard InChI is InChI=1S/11ClH.Cr.Ti.Zr/h11*1H;;;/q;;;;;;;;;;;+3;2*+4/p-11. The molecule has 0 fully saturated rings. The third-order valence-electron chi connectivity index (χ3n) is 0. The van der Waals surface area contributed by atoms with Crippen LogP contribution in [0.25, 0.3) is 0 Å². The zero-order valence-electron chi connectivity index (χ0n) is 5.57. The molecule has 14 heteroatoms. The molecule has 0 atom stereocenters. The second-order valence-electron chi connectivity index (χ2n) is 0. The van der Waals surface area contributed by atoms with Crippen molar-refractivity contribution in [2.75, 3.05) is 0 Å². The maximum Gasteiger partial charge on any atom is 4.00 e. The van der Waals surface area contributed by atoms with Gasteiger partial charge in [0.1, 0.15) is 0 Å². The van der Waals surface area contributed by atoms with Gasteiger partial charge in [-0.25, -0.2) is 0 Å². The Bertz CT molecular complexity index is 15.2. The molecule has 0 aromatic rings. The van der Waals surface area contributed by atoms with Gasteiger partial charge in [0.25, 0.3) is 0 Å². The molecule has 0 aromatic heterocycles. The van der Waals surface area contributed by atoms with Crippen molar-refractivity contribution in [3.8, 4) is 0 Å². The Morgan fingerprint density at radius 3 is 0.286 bits per heavy atom. The zero-order chi connectivity index (χ0) is 0. The van der Waals surface area contributed by atoms with Gasteiger partial charge in [-0.15, -0.1) is 0 Å². The Balaban J connectivity index is 0. The van der Waals surface area contributed by atoms with Gasteiger partial charge in [-0.1, -0.05) is 0 Å². The van der Waals surface area contributed by atoms with Crippen LogP contribution < -0.4 is 136 Å². The van der Waals surface area contributed by atoms with Gasteiger partial charge in [0.15, 0.2) is 0 Å². The molecule has 0 heterocycles. The Hall–Kier alpha value is 5.32. The number of rotatable bonds is 0. The van der Waals surface area contributed by atoms with Gasteiger partial charge in [-0.2, -0.15) is 0 Å². The van der Waals surface area contributed by atoms with Crippen molar-refractivity contribution in [1.29, 1.82) is 0 Å². The number of halogens is 11. The van der Waals surface area contributed by atoms with E-state index in [2.05, 4.69) is 0 Å². The summed E-state index contributed by atoms with van der Waals surface area (Å²) in [5.41, 5.74) is 0. The Morgan fingerprint density at radius 1 is 0.286 bits per heavy atom. The maximum atomic E-state index is 0. The van der Waals surface area contributed by atoms with Crippen LogP contribution in [0.15, 0.2) is 0 Å². The van der Waals surface area contributed by atoms with Gasteiger partial charge in [-0.3, -0.25) is 0 Å². The van der Waals surface area contributed by atoms with Crippen LogP contribution in [0, 0.1) is 0 Å². The molecule has 0 aromatic carbocycles. The van der Waals surface area contributed by atoms with E-state index in [1.54, 1.807) is 0 Å². The van der Waals surface area contributed by atoms with Gasteiger partial charge >= 0.3 is 65.3 Å². The Morgan fingerprint density at radius 2 is 0.286 bits per heavy atom. The summed E-state index contributed by atoms with van der Waals surface area (Å²) in [6.45, 7) is 0. The summed E-state index contributed by atoms with van der Waals surface area (Å²) < 4.78 is 0. The van der Waals surface area contributed by atoms with Gasteiger partial charge in [-0.05, 0) is 0 Å². The summed E-state index contributed by atoms with van der Waals surface area (Å²) in [6.07, 6.45) is 0. The second-order valence-corrected chi connectivity index (χ2v) is 0. The van der Waals surface area contributed by atoms with Gasteiger partial charge in [0.2, 0.25) is 0 Å². The summed E-state index contributed by atoms with van der Waals surface area (Å²) in [6, 6.07) is 0. The first-order chi connectivity index (χ1) is 0. The summed E-state index contributed by atoms with van der Waals surface area (Å²) in [4.78, 5) is 0. The molecule has 1 radical (unpaired) electrons. The van der Waals surface area contributed by atoms with E-state index in [0.717, 1.165) is 0 Å². The van der Waals surface area contributed by atoms with Crippen molar-refractivity contribution in [2.45, 2.75) is 0 Å². The first-order valence-corrected chi connectivity index (χ1v) is 0. The average Bonchev–Trinajstić information content (AvgIpc) is 0. The van der Waals surface area contributed by atoms with Crippen molar-refractivity contribution < 1.29 is 202 Å². The first-order valence-electron chi connectivity index (χ1n) is 0. The molecule has 0 amide bonds. The van der Waals surface area contributed by atoms with Gasteiger partial charge in [0, 0.05) is 0 Å². The predicted octanol–water partition coefficient (Wildman–Crippen LogP) is -33.0. The van der Waals surface area contributed by atoms with Crippen LogP contribution in [-0.2, 0) is 65.3 Å². The van der Waals surface area contributed by atoms with Crippen molar-refractivity contribution in [3.63, 3.8) is 0 Å². The van der Waals surface area contributed by atoms with E-state index >= 15 is 0 Å². The molecule has 91 valence electrons. The molecule has 0 nitrogen and oxygen atoms in total. The van der Waals surface area contributed by atoms with Crippen LogP contribution in [0.1, 0.15) is 0 Å². The van der Waals surface area contributed by atoms with Crippen LogP contribution in [0.5, 0.6) is 0 Å². The van der Waals surface area contributed by atoms with Gasteiger partial charge < -0.3 is 136 Å². The molecule has 0 aliphatic carbocycles. The first kappa shape index (κ1) is 229. The largest absolute Gasteiger partial charge is 4.00 e. The summed E-state index contributed by atoms with van der Waals surface area (Å²) in [5.74, 6) is 0. The average molecular weight is 581 g/mol. The van der Waals surface area contributed by atoms with Crippen molar-refractivity contribution >= 4 is 0 Å². The molecular weight excluding hydrogens is 581 g/mol. The minimum absolute atomic E-state index is 0. The van der Waals surface area contributed by atoms with E-state index in [-0.39, 0.29) is 202 Å². The number of hydrogen-bond acceptors (Lipinski definition) is 0. The maximum absolute atomic E-state index is 0. The third-order valence-corrected chi connectivity index (χ3v) is 0. The van der Waals surface area contributed by atoms with Crippen LogP contribution in [-0.4, -0.2) is 0 Å². The fourth-order valence-corrected chi connectivity index (χ4v) is 0. The molecule has 0 bridgehead atoms. The van der Waals surface area contributed by atoms with Crippen molar-refractivity contribution in [3.05, 3.63) is 0 Å². The fourth-order valence-electron chi connectivity index (χ4n) is 0. The number of hydrogen-bond donors (Lipinski definition) is 0. The Labute approximate surface area is 198 Å². The second kappa shape index (κ2) is 194. The monoisotopic (exact) mass is 574 g/mol. The molecule has 0 saturated heterocycles. The SMILES string of the molecule is [Cl-].[Cl-].[Cl-].[Cl-].[Cl-].[Cl-].[Cl-].[Cl-].[Cl-].[Cl-].[Cl-].[Cr+3].[Ti+4].[Zr+4]. The molecule has 0 spiro atoms. The zero-order valence-corrected chi connectivity index (χ0v) is 19.2. The summed E-state index contributed by atoms with van der Waals surface area (Å²) in [7, 11) is 0. The molecule has 0 saturated carbocycles. The minimum Gasteiger partial charge on any atom is -1.00 e. The van der Waals surface area contributed by atoms with E-state index in [4.69, 9.17) is 0 Å². The molecule has 0 aliphatic heterocycles. The normalized spacial score (nSPS) is 0. The van der Waals surface area contributed by atoms with Crippen molar-refractivity contribution in [2.24, 2.45) is 0 Å². The molecule has 0 N–H and O–H groups in total. The molecule has 0 aliphatic rings. The molecule has 0 rings (SSSR count). The van der Waals surface area contributed by atoms with Crippen LogP contribution in [0.2, 0.25) is 0 Å². The van der Waals surface area contributed by atoms with Gasteiger partial charge in [0.05, 0.1) is 0 Å². The van der Waals surface area contributed by atoms with E-state index in [1.807, 2.05) is 0 Å². The van der Waals surface area contributed by atoms with E-state index in [9.17, 15) is 0 Å². The molecular formula is Cl11CrTiZr. The van der Waals surface area contributed by atoms with Crippen molar-refractivity contribution in [1.82, 2.24) is 0 Å². The van der Waals surface area contributed by atoms with E-state index < -0.39 is 0 Å². The third kappa shape index (κ3) is 163. The van der Waals surface area contributed by atoms with E-state index in [1.165, 1.54) is 0 Å². The van der Waals surface area contributed by atoms with E-state index in [0.29, 0.717) is 0 Å². The summed E-state index contributed by atoms with van der Waals surface area (Å²) in [5, 5.41) is 0. The quantitative estimate of drug-likeness (QED) is 0.250. The summed E-state index contributed by atoms with van der Waals surface area (Å²) >= 11 is 0. The topological polar surface area (TPSA) is 0 Å². The molecule has 14 heavy (non-hydrogen) atoms. The van der Waals surface area contributed by atoms with Crippen LogP contribution in [0.4, 0.5) is 0 Å². The predicted molar refractivity (Wildman–Crippen MR) is 0 cm³/mol. The smallest absolute Gasteiger partial charge is 1.00 e. The fraction of sp³-hybridized carbons (Fsp3) is 0. The van der Waals surface area contributed by atoms with Crippen LogP contribution in [0.3, 0.4) is 0 Å². The molecule has 0 unspecified atom stereocenters. The van der Waals surface area contributed by atoms with Crippen LogP contribution >= 0.6 is 0 Å².